The van der Waals surface area contributed by atoms with Crippen LogP contribution in [0.15, 0.2) is 42.5 Å². The van der Waals surface area contributed by atoms with Crippen molar-refractivity contribution in [3.05, 3.63) is 58.2 Å². The summed E-state index contributed by atoms with van der Waals surface area (Å²) in [5.74, 6) is -0.549. The van der Waals surface area contributed by atoms with Crippen molar-refractivity contribution >= 4 is 5.97 Å². The first-order chi connectivity index (χ1) is 16.8. The Morgan fingerprint density at radius 2 is 1.89 bits per heavy atom. The Labute approximate surface area is 206 Å². The standard InChI is InChI=1S/C26H39NO8/c1-19(18-34-27(32)33)35-26(31)12-8-3-2-7-11-22-23(25(30)17-24(22)29)16-15-21(28)14-13-20-9-5-4-6-10-20/h2,4-7,9-10,19,21-25,28-30H,3,8,11-18H2,1H3/b7-2-/t19?,21?,22-,23-,24+,25-/m0/s1. The van der Waals surface area contributed by atoms with Gasteiger partial charge in [0.2, 0.25) is 0 Å². The van der Waals surface area contributed by atoms with Gasteiger partial charge in [0.1, 0.15) is 12.7 Å². The number of hydrogen-bond acceptors (Lipinski definition) is 8. The van der Waals surface area contributed by atoms with Crippen LogP contribution in [0.4, 0.5) is 0 Å². The number of esters is 1. The molecule has 196 valence electrons. The zero-order valence-electron chi connectivity index (χ0n) is 20.4. The van der Waals surface area contributed by atoms with Gasteiger partial charge in [-0.15, -0.1) is 10.1 Å². The molecule has 0 bridgehead atoms. The van der Waals surface area contributed by atoms with Crippen molar-refractivity contribution in [1.82, 2.24) is 0 Å². The number of benzene rings is 1. The van der Waals surface area contributed by atoms with Crippen molar-refractivity contribution in [2.45, 2.75) is 89.1 Å². The van der Waals surface area contributed by atoms with Gasteiger partial charge in [0.15, 0.2) is 0 Å². The molecule has 2 rings (SSSR count). The minimum Gasteiger partial charge on any atom is -0.461 e. The van der Waals surface area contributed by atoms with Gasteiger partial charge in [-0.1, -0.05) is 42.5 Å². The second-order valence-corrected chi connectivity index (χ2v) is 9.37. The number of aliphatic hydroxyl groups excluding tert-OH is 3. The molecular weight excluding hydrogens is 454 g/mol. The second kappa shape index (κ2) is 15.5. The zero-order valence-corrected chi connectivity index (χ0v) is 20.4. The first kappa shape index (κ1) is 28.7. The van der Waals surface area contributed by atoms with Crippen LogP contribution < -0.4 is 0 Å². The summed E-state index contributed by atoms with van der Waals surface area (Å²) in [6.07, 6.45) is 6.81. The lowest BCUT2D eigenvalue weighted by Gasteiger charge is -2.23. The van der Waals surface area contributed by atoms with E-state index in [4.69, 9.17) is 4.74 Å². The molecule has 0 saturated heterocycles. The van der Waals surface area contributed by atoms with E-state index in [1.807, 2.05) is 42.5 Å². The summed E-state index contributed by atoms with van der Waals surface area (Å²) >= 11 is 0. The molecule has 3 N–H and O–H groups in total. The number of rotatable bonds is 16. The molecule has 1 aliphatic carbocycles. The normalized spacial score (nSPS) is 23.8. The van der Waals surface area contributed by atoms with E-state index in [2.05, 4.69) is 4.84 Å². The van der Waals surface area contributed by atoms with Crippen molar-refractivity contribution in [2.24, 2.45) is 11.8 Å². The van der Waals surface area contributed by atoms with E-state index in [-0.39, 0.29) is 24.9 Å². The first-order valence-electron chi connectivity index (χ1n) is 12.5. The maximum absolute atomic E-state index is 11.8. The summed E-state index contributed by atoms with van der Waals surface area (Å²) in [6, 6.07) is 10.0. The Hall–Kier alpha value is -2.49. The summed E-state index contributed by atoms with van der Waals surface area (Å²) in [7, 11) is 0. The maximum Gasteiger partial charge on any atom is 0.306 e. The van der Waals surface area contributed by atoms with E-state index < -0.39 is 35.5 Å². The van der Waals surface area contributed by atoms with E-state index in [9.17, 15) is 30.2 Å². The number of hydrogen-bond donors (Lipinski definition) is 3. The van der Waals surface area contributed by atoms with Gasteiger partial charge in [-0.05, 0) is 75.7 Å². The molecule has 0 aromatic heterocycles. The Morgan fingerprint density at radius 1 is 1.17 bits per heavy atom. The Kier molecular flexibility index (Phi) is 12.7. The van der Waals surface area contributed by atoms with Crippen LogP contribution in [0.2, 0.25) is 0 Å². The number of carbonyl (C=O) groups excluding carboxylic acids is 1. The molecule has 0 aliphatic heterocycles. The lowest BCUT2D eigenvalue weighted by Crippen LogP contribution is -2.23. The molecule has 1 aromatic rings. The van der Waals surface area contributed by atoms with E-state index in [0.717, 1.165) is 6.42 Å². The number of allylic oxidation sites excluding steroid dienone is 2. The quantitative estimate of drug-likeness (QED) is 0.105. The molecule has 1 saturated carbocycles. The van der Waals surface area contributed by atoms with Crippen LogP contribution in [0.3, 0.4) is 0 Å². The molecule has 0 amide bonds. The average Bonchev–Trinajstić information content (AvgIpc) is 3.09. The predicted octanol–water partition coefficient (Wildman–Crippen LogP) is 3.37. The average molecular weight is 494 g/mol. The summed E-state index contributed by atoms with van der Waals surface area (Å²) in [6.45, 7) is 1.24. The number of carbonyl (C=O) groups is 1. The first-order valence-corrected chi connectivity index (χ1v) is 12.5. The number of aliphatic hydroxyl groups is 3. The van der Waals surface area contributed by atoms with Crippen LogP contribution in [-0.2, 0) is 20.8 Å². The van der Waals surface area contributed by atoms with Gasteiger partial charge >= 0.3 is 5.97 Å². The van der Waals surface area contributed by atoms with Crippen molar-refractivity contribution in [3.63, 3.8) is 0 Å². The molecule has 0 spiro atoms. The highest BCUT2D eigenvalue weighted by molar-refractivity contribution is 5.69. The van der Waals surface area contributed by atoms with Crippen LogP contribution in [0.1, 0.15) is 63.9 Å². The molecule has 2 unspecified atom stereocenters. The van der Waals surface area contributed by atoms with Crippen molar-refractivity contribution in [1.29, 1.82) is 0 Å². The molecule has 1 aromatic carbocycles. The van der Waals surface area contributed by atoms with Crippen molar-refractivity contribution in [2.75, 3.05) is 6.61 Å². The monoisotopic (exact) mass is 493 g/mol. The third-order valence-corrected chi connectivity index (χ3v) is 6.54. The molecule has 9 heteroatoms. The Balaban J connectivity index is 1.66. The lowest BCUT2D eigenvalue weighted by molar-refractivity contribution is -0.759. The van der Waals surface area contributed by atoms with Crippen LogP contribution in [0.25, 0.3) is 0 Å². The van der Waals surface area contributed by atoms with E-state index in [0.29, 0.717) is 44.9 Å². The highest BCUT2D eigenvalue weighted by Gasteiger charge is 2.40. The van der Waals surface area contributed by atoms with Crippen LogP contribution >= 0.6 is 0 Å². The molecule has 35 heavy (non-hydrogen) atoms. The molecule has 1 fully saturated rings. The lowest BCUT2D eigenvalue weighted by atomic mass is 9.85. The Morgan fingerprint density at radius 3 is 2.60 bits per heavy atom. The summed E-state index contributed by atoms with van der Waals surface area (Å²) in [5.41, 5.74) is 1.19. The second-order valence-electron chi connectivity index (χ2n) is 9.37. The SMILES string of the molecule is CC(CO[N+](=O)[O-])OC(=O)CCC/C=C\C[C@H]1[C@H](CCC(O)CCc2ccccc2)[C@@H](O)C[C@H]1O. The maximum atomic E-state index is 11.8. The topological polar surface area (TPSA) is 139 Å². The number of unbranched alkanes of at least 4 members (excludes halogenated alkanes) is 1. The minimum absolute atomic E-state index is 0.0566. The zero-order chi connectivity index (χ0) is 25.6. The third kappa shape index (κ3) is 11.2. The molecule has 1 aliphatic rings. The van der Waals surface area contributed by atoms with Gasteiger partial charge in [-0.25, -0.2) is 0 Å². The fourth-order valence-corrected chi connectivity index (χ4v) is 4.63. The molecule has 9 nitrogen and oxygen atoms in total. The van der Waals surface area contributed by atoms with E-state index in [1.54, 1.807) is 0 Å². The Bertz CT molecular complexity index is 787. The molecule has 0 heterocycles. The molecular formula is C26H39NO8. The molecule has 0 radical (unpaired) electrons. The predicted molar refractivity (Wildman–Crippen MR) is 130 cm³/mol. The van der Waals surface area contributed by atoms with Gasteiger partial charge in [0.05, 0.1) is 18.3 Å². The number of ether oxygens (including phenoxy) is 1. The highest BCUT2D eigenvalue weighted by Crippen LogP contribution is 2.38. The van der Waals surface area contributed by atoms with Gasteiger partial charge in [-0.2, -0.15) is 0 Å². The largest absolute Gasteiger partial charge is 0.461 e. The van der Waals surface area contributed by atoms with E-state index in [1.165, 1.54) is 12.5 Å². The fraction of sp³-hybridized carbons (Fsp3) is 0.654. The van der Waals surface area contributed by atoms with Crippen LogP contribution in [0.5, 0.6) is 0 Å². The minimum atomic E-state index is -0.922. The van der Waals surface area contributed by atoms with Crippen molar-refractivity contribution < 1.29 is 34.8 Å². The summed E-state index contributed by atoms with van der Waals surface area (Å²) in [4.78, 5) is 26.1. The van der Waals surface area contributed by atoms with Gasteiger partial charge in [-0.3, -0.25) is 4.79 Å². The third-order valence-electron chi connectivity index (χ3n) is 6.54. The van der Waals surface area contributed by atoms with E-state index >= 15 is 0 Å². The smallest absolute Gasteiger partial charge is 0.306 e. The summed E-state index contributed by atoms with van der Waals surface area (Å²) < 4.78 is 5.04. The van der Waals surface area contributed by atoms with Gasteiger partial charge < -0.3 is 24.9 Å². The van der Waals surface area contributed by atoms with Gasteiger partial charge in [0.25, 0.3) is 5.09 Å². The molecule has 6 atom stereocenters. The van der Waals surface area contributed by atoms with Crippen LogP contribution in [0, 0.1) is 22.0 Å². The van der Waals surface area contributed by atoms with Gasteiger partial charge in [0, 0.05) is 6.42 Å². The van der Waals surface area contributed by atoms with Crippen LogP contribution in [-0.4, -0.2) is 57.4 Å². The fourth-order valence-electron chi connectivity index (χ4n) is 4.63. The number of aryl methyl sites for hydroxylation is 1. The number of nitrogens with zero attached hydrogens (tertiary/aromatic N) is 1. The highest BCUT2D eigenvalue weighted by atomic mass is 17.0. The summed E-state index contributed by atoms with van der Waals surface area (Å²) in [5, 5.41) is 40.5. The van der Waals surface area contributed by atoms with Crippen molar-refractivity contribution in [3.8, 4) is 0 Å².